The predicted octanol–water partition coefficient (Wildman–Crippen LogP) is 2.62. The van der Waals surface area contributed by atoms with Gasteiger partial charge in [-0.25, -0.2) is 9.67 Å². The number of anilines is 1. The fourth-order valence-corrected chi connectivity index (χ4v) is 5.58. The summed E-state index contributed by atoms with van der Waals surface area (Å²) in [6, 6.07) is 5.63. The van der Waals surface area contributed by atoms with Crippen LogP contribution in [0.4, 0.5) is 5.69 Å². The van der Waals surface area contributed by atoms with Crippen LogP contribution in [0.5, 0.6) is 0 Å². The lowest BCUT2D eigenvalue weighted by molar-refractivity contribution is 0.0304. The molecule has 29 heavy (non-hydrogen) atoms. The molecule has 154 valence electrons. The van der Waals surface area contributed by atoms with E-state index in [9.17, 15) is 9.90 Å². The standard InChI is InChI=1S/C21H26ClN5O2/c22-17-7-14(3-4-18(17)25-5-1-2-6-25)21(29)26-10-15-8-19(27-13-23-12-24-27)20(28)9-16(15)11-26/h3-4,7,12-13,15-16,19-20,28H,1-2,5-6,8-11H2/t15-,16+,19-,20-/m1/s1. The summed E-state index contributed by atoms with van der Waals surface area (Å²) in [5, 5.41) is 15.4. The Hall–Kier alpha value is -2.12. The number of rotatable bonds is 3. The van der Waals surface area contributed by atoms with Gasteiger partial charge in [0.2, 0.25) is 0 Å². The number of aliphatic hydroxyl groups is 1. The SMILES string of the molecule is O=C(c1ccc(N2CCCC2)c(Cl)c1)N1C[C@H]2C[C@@H](n3cncn3)[C@H](O)C[C@H]2C1. The van der Waals surface area contributed by atoms with Crippen LogP contribution in [0.15, 0.2) is 30.9 Å². The van der Waals surface area contributed by atoms with Gasteiger partial charge in [0, 0.05) is 31.7 Å². The smallest absolute Gasteiger partial charge is 0.253 e. The molecule has 1 aromatic carbocycles. The van der Waals surface area contributed by atoms with Crippen molar-refractivity contribution in [3.63, 3.8) is 0 Å². The van der Waals surface area contributed by atoms with Crippen LogP contribution in [0.3, 0.4) is 0 Å². The summed E-state index contributed by atoms with van der Waals surface area (Å²) in [5.41, 5.74) is 1.67. The lowest BCUT2D eigenvalue weighted by Crippen LogP contribution is -2.36. The number of carbonyl (C=O) groups is 1. The lowest BCUT2D eigenvalue weighted by atomic mass is 9.77. The number of halogens is 1. The van der Waals surface area contributed by atoms with Crippen molar-refractivity contribution in [3.8, 4) is 0 Å². The van der Waals surface area contributed by atoms with Crippen molar-refractivity contribution >= 4 is 23.2 Å². The fourth-order valence-electron chi connectivity index (χ4n) is 5.28. The Labute approximate surface area is 175 Å². The molecule has 5 rings (SSSR count). The molecule has 1 aromatic heterocycles. The third kappa shape index (κ3) is 3.51. The van der Waals surface area contributed by atoms with Crippen molar-refractivity contribution in [2.24, 2.45) is 11.8 Å². The number of fused-ring (bicyclic) bond motifs is 1. The Morgan fingerprint density at radius 3 is 2.59 bits per heavy atom. The van der Waals surface area contributed by atoms with Gasteiger partial charge in [-0.05, 0) is 55.7 Å². The molecule has 8 heteroatoms. The second-order valence-electron chi connectivity index (χ2n) is 8.57. The van der Waals surface area contributed by atoms with E-state index in [-0.39, 0.29) is 11.9 Å². The van der Waals surface area contributed by atoms with E-state index in [1.807, 2.05) is 23.1 Å². The molecule has 0 unspecified atom stereocenters. The summed E-state index contributed by atoms with van der Waals surface area (Å²) < 4.78 is 1.75. The average Bonchev–Trinajstić information content (AvgIpc) is 3.47. The van der Waals surface area contributed by atoms with E-state index in [2.05, 4.69) is 15.0 Å². The minimum atomic E-state index is -0.456. The van der Waals surface area contributed by atoms with E-state index in [4.69, 9.17) is 11.6 Å². The molecule has 3 fully saturated rings. The third-order valence-corrected chi connectivity index (χ3v) is 7.12. The van der Waals surface area contributed by atoms with Crippen molar-refractivity contribution in [1.82, 2.24) is 19.7 Å². The second-order valence-corrected chi connectivity index (χ2v) is 8.98. The number of nitrogens with zero attached hydrogens (tertiary/aromatic N) is 5. The first kappa shape index (κ1) is 18.9. The third-order valence-electron chi connectivity index (χ3n) is 6.81. The number of aliphatic hydroxyl groups excluding tert-OH is 1. The molecule has 7 nitrogen and oxygen atoms in total. The van der Waals surface area contributed by atoms with Crippen LogP contribution in [0.2, 0.25) is 5.02 Å². The van der Waals surface area contributed by atoms with E-state index >= 15 is 0 Å². The maximum absolute atomic E-state index is 13.1. The van der Waals surface area contributed by atoms with E-state index in [0.717, 1.165) is 25.2 Å². The number of hydrogen-bond acceptors (Lipinski definition) is 5. The summed E-state index contributed by atoms with van der Waals surface area (Å²) in [6.45, 7) is 3.46. The minimum absolute atomic E-state index is 0.0288. The van der Waals surface area contributed by atoms with E-state index in [1.165, 1.54) is 19.2 Å². The average molecular weight is 416 g/mol. The topological polar surface area (TPSA) is 74.5 Å². The van der Waals surface area contributed by atoms with Crippen LogP contribution in [-0.4, -0.2) is 63.0 Å². The first-order valence-corrected chi connectivity index (χ1v) is 10.8. The number of carbonyl (C=O) groups excluding carboxylic acids is 1. The number of benzene rings is 1. The molecule has 2 aliphatic heterocycles. The highest BCUT2D eigenvalue weighted by molar-refractivity contribution is 6.33. The molecule has 1 aliphatic carbocycles. The molecule has 1 amide bonds. The number of likely N-dealkylation sites (tertiary alicyclic amines) is 1. The van der Waals surface area contributed by atoms with Gasteiger partial charge in [-0.15, -0.1) is 0 Å². The second kappa shape index (κ2) is 7.61. The number of aromatic nitrogens is 3. The summed E-state index contributed by atoms with van der Waals surface area (Å²) in [6.07, 6.45) is 6.59. The van der Waals surface area contributed by atoms with Gasteiger partial charge in [-0.1, -0.05) is 11.6 Å². The summed E-state index contributed by atoms with van der Waals surface area (Å²) >= 11 is 6.52. The normalized spacial score (nSPS) is 29.3. The highest BCUT2D eigenvalue weighted by atomic mass is 35.5. The molecule has 0 bridgehead atoms. The largest absolute Gasteiger partial charge is 0.391 e. The molecule has 2 saturated heterocycles. The van der Waals surface area contributed by atoms with Gasteiger partial charge in [0.15, 0.2) is 0 Å². The van der Waals surface area contributed by atoms with Gasteiger partial charge in [-0.2, -0.15) is 5.10 Å². The summed E-state index contributed by atoms with van der Waals surface area (Å²) in [5.74, 6) is 0.727. The van der Waals surface area contributed by atoms with Crippen LogP contribution in [0, 0.1) is 11.8 Å². The quantitative estimate of drug-likeness (QED) is 0.834. The molecule has 3 aliphatic rings. The molecule has 1 saturated carbocycles. The predicted molar refractivity (Wildman–Crippen MR) is 110 cm³/mol. The van der Waals surface area contributed by atoms with Crippen molar-refractivity contribution in [3.05, 3.63) is 41.4 Å². The Kier molecular flexibility index (Phi) is 4.95. The first-order chi connectivity index (χ1) is 14.1. The van der Waals surface area contributed by atoms with Gasteiger partial charge in [0.05, 0.1) is 22.9 Å². The molecular weight excluding hydrogens is 390 g/mol. The van der Waals surface area contributed by atoms with Crippen LogP contribution < -0.4 is 4.90 Å². The fraction of sp³-hybridized carbons (Fsp3) is 0.571. The Morgan fingerprint density at radius 2 is 1.90 bits per heavy atom. The maximum Gasteiger partial charge on any atom is 0.253 e. The molecule has 1 N–H and O–H groups in total. The summed E-state index contributed by atoms with van der Waals surface area (Å²) in [4.78, 5) is 21.3. The molecular formula is C21H26ClN5O2. The molecule has 2 aromatic rings. The van der Waals surface area contributed by atoms with Crippen LogP contribution >= 0.6 is 11.6 Å². The van der Waals surface area contributed by atoms with Crippen LogP contribution in [0.25, 0.3) is 0 Å². The highest BCUT2D eigenvalue weighted by Crippen LogP contribution is 2.41. The minimum Gasteiger partial charge on any atom is -0.391 e. The Balaban J connectivity index is 1.29. The molecule has 4 atom stereocenters. The molecule has 0 radical (unpaired) electrons. The molecule has 3 heterocycles. The molecule has 0 spiro atoms. The summed E-state index contributed by atoms with van der Waals surface area (Å²) in [7, 11) is 0. The van der Waals surface area contributed by atoms with Crippen molar-refractivity contribution in [2.45, 2.75) is 37.8 Å². The highest BCUT2D eigenvalue weighted by Gasteiger charge is 2.44. The van der Waals surface area contributed by atoms with Gasteiger partial charge < -0.3 is 14.9 Å². The zero-order valence-corrected chi connectivity index (χ0v) is 17.1. The van der Waals surface area contributed by atoms with Crippen molar-refractivity contribution < 1.29 is 9.90 Å². The zero-order valence-electron chi connectivity index (χ0n) is 16.3. The van der Waals surface area contributed by atoms with E-state index in [1.54, 1.807) is 11.0 Å². The lowest BCUT2D eigenvalue weighted by Gasteiger charge is -2.34. The van der Waals surface area contributed by atoms with Gasteiger partial charge in [0.1, 0.15) is 12.7 Å². The number of amides is 1. The zero-order chi connectivity index (χ0) is 20.0. The van der Waals surface area contributed by atoms with Gasteiger partial charge >= 0.3 is 0 Å². The Bertz CT molecular complexity index is 883. The maximum atomic E-state index is 13.1. The van der Waals surface area contributed by atoms with Crippen molar-refractivity contribution in [1.29, 1.82) is 0 Å². The monoisotopic (exact) mass is 415 g/mol. The van der Waals surface area contributed by atoms with Crippen molar-refractivity contribution in [2.75, 3.05) is 31.1 Å². The van der Waals surface area contributed by atoms with Gasteiger partial charge in [-0.3, -0.25) is 4.79 Å². The Morgan fingerprint density at radius 1 is 1.14 bits per heavy atom. The van der Waals surface area contributed by atoms with Crippen LogP contribution in [0.1, 0.15) is 42.1 Å². The first-order valence-electron chi connectivity index (χ1n) is 10.5. The number of hydrogen-bond donors (Lipinski definition) is 1. The van der Waals surface area contributed by atoms with Crippen LogP contribution in [-0.2, 0) is 0 Å². The van der Waals surface area contributed by atoms with Gasteiger partial charge in [0.25, 0.3) is 5.91 Å². The van der Waals surface area contributed by atoms with E-state index in [0.29, 0.717) is 41.9 Å². The van der Waals surface area contributed by atoms with E-state index < -0.39 is 6.10 Å².